The summed E-state index contributed by atoms with van der Waals surface area (Å²) in [6, 6.07) is 19.8. The van der Waals surface area contributed by atoms with E-state index in [9.17, 15) is 14.7 Å². The van der Waals surface area contributed by atoms with Crippen LogP contribution in [0.1, 0.15) is 60.5 Å². The molecule has 3 aromatic carbocycles. The Labute approximate surface area is 218 Å². The van der Waals surface area contributed by atoms with E-state index in [0.29, 0.717) is 12.2 Å². The number of aliphatic hydroxyl groups is 1. The van der Waals surface area contributed by atoms with Gasteiger partial charge in [0.25, 0.3) is 11.7 Å². The summed E-state index contributed by atoms with van der Waals surface area (Å²) < 4.78 is 11.1. The number of aliphatic hydroxyl groups excluding tert-OH is 1. The van der Waals surface area contributed by atoms with Gasteiger partial charge in [-0.05, 0) is 66.3 Å². The predicted octanol–water partition coefficient (Wildman–Crippen LogP) is 6.15. The molecule has 1 N–H and O–H groups in total. The van der Waals surface area contributed by atoms with Crippen LogP contribution in [0.15, 0.2) is 72.3 Å². The maximum Gasteiger partial charge on any atom is 0.295 e. The molecule has 3 aromatic rings. The van der Waals surface area contributed by atoms with Crippen molar-refractivity contribution in [3.05, 3.63) is 100 Å². The number of Topliss-reactive ketones (excluding diaryl/α,β-unsaturated/α-hetero) is 1. The van der Waals surface area contributed by atoms with Crippen molar-refractivity contribution in [3.63, 3.8) is 0 Å². The molecule has 37 heavy (non-hydrogen) atoms. The molecule has 0 saturated carbocycles. The smallest absolute Gasteiger partial charge is 0.295 e. The number of hydrogen-bond donors (Lipinski definition) is 1. The number of nitrogens with zero attached hydrogens (tertiary/aromatic N) is 1. The SMILES string of the molecule is CCOc1ccc(CN2C(=O)C(=O)/C(=C(/O)c3cc(C(C)C)c(OC)cc3C)C2c2ccccc2)cc1. The highest BCUT2D eigenvalue weighted by Gasteiger charge is 2.46. The first-order valence-electron chi connectivity index (χ1n) is 12.5. The van der Waals surface area contributed by atoms with E-state index >= 15 is 0 Å². The van der Waals surface area contributed by atoms with E-state index in [1.165, 1.54) is 4.90 Å². The van der Waals surface area contributed by atoms with Crippen LogP contribution in [0.5, 0.6) is 11.5 Å². The summed E-state index contributed by atoms with van der Waals surface area (Å²) in [5.74, 6) is 0.0825. The van der Waals surface area contributed by atoms with Gasteiger partial charge >= 0.3 is 0 Å². The number of rotatable bonds is 8. The van der Waals surface area contributed by atoms with E-state index in [4.69, 9.17) is 9.47 Å². The van der Waals surface area contributed by atoms with Gasteiger partial charge in [-0.2, -0.15) is 0 Å². The molecule has 1 aliphatic rings. The molecule has 1 heterocycles. The average molecular weight is 500 g/mol. The number of methoxy groups -OCH3 is 1. The lowest BCUT2D eigenvalue weighted by atomic mass is 9.91. The number of carbonyl (C=O) groups excluding carboxylic acids is 2. The van der Waals surface area contributed by atoms with Crippen LogP contribution >= 0.6 is 0 Å². The molecular weight excluding hydrogens is 466 g/mol. The molecule has 1 unspecified atom stereocenters. The molecule has 1 atom stereocenters. The van der Waals surface area contributed by atoms with Crippen molar-refractivity contribution in [2.45, 2.75) is 46.2 Å². The molecule has 0 aromatic heterocycles. The zero-order valence-corrected chi connectivity index (χ0v) is 21.9. The molecule has 1 fully saturated rings. The molecule has 1 amide bonds. The lowest BCUT2D eigenvalue weighted by Crippen LogP contribution is -2.29. The first-order valence-corrected chi connectivity index (χ1v) is 12.5. The standard InChI is InChI=1S/C31H33NO5/c1-6-37-23-14-12-21(13-15-23)18-32-28(22-10-8-7-9-11-22)27(30(34)31(32)35)29(33)25-17-24(19(2)3)26(36-5)16-20(25)4/h7-17,19,28,33H,6,18H2,1-5H3/b29-27+. The van der Waals surface area contributed by atoms with E-state index in [1.807, 2.05) is 94.4 Å². The average Bonchev–Trinajstić information content (AvgIpc) is 3.14. The van der Waals surface area contributed by atoms with Gasteiger partial charge in [-0.1, -0.05) is 56.3 Å². The number of likely N-dealkylation sites (tertiary alicyclic amines) is 1. The van der Waals surface area contributed by atoms with Crippen molar-refractivity contribution in [2.75, 3.05) is 13.7 Å². The molecule has 1 saturated heterocycles. The first-order chi connectivity index (χ1) is 17.8. The fourth-order valence-electron chi connectivity index (χ4n) is 4.81. The number of carbonyl (C=O) groups is 2. The quantitative estimate of drug-likeness (QED) is 0.229. The Morgan fingerprint density at radius 1 is 1.03 bits per heavy atom. The summed E-state index contributed by atoms with van der Waals surface area (Å²) in [7, 11) is 1.61. The van der Waals surface area contributed by atoms with Crippen LogP contribution in [-0.2, 0) is 16.1 Å². The van der Waals surface area contributed by atoms with Crippen LogP contribution in [0, 0.1) is 6.92 Å². The van der Waals surface area contributed by atoms with Gasteiger partial charge in [-0.25, -0.2) is 0 Å². The van der Waals surface area contributed by atoms with Gasteiger partial charge in [-0.3, -0.25) is 9.59 Å². The third-order valence-electron chi connectivity index (χ3n) is 6.70. The fourth-order valence-corrected chi connectivity index (χ4v) is 4.81. The summed E-state index contributed by atoms with van der Waals surface area (Å²) in [6.45, 7) is 8.63. The van der Waals surface area contributed by atoms with Gasteiger partial charge < -0.3 is 19.5 Å². The zero-order chi connectivity index (χ0) is 26.7. The van der Waals surface area contributed by atoms with Crippen molar-refractivity contribution in [2.24, 2.45) is 0 Å². The van der Waals surface area contributed by atoms with E-state index in [-0.39, 0.29) is 23.8 Å². The number of ether oxygens (including phenoxy) is 2. The predicted molar refractivity (Wildman–Crippen MR) is 144 cm³/mol. The zero-order valence-electron chi connectivity index (χ0n) is 21.9. The van der Waals surface area contributed by atoms with E-state index in [0.717, 1.165) is 33.8 Å². The highest BCUT2D eigenvalue weighted by Crippen LogP contribution is 2.42. The van der Waals surface area contributed by atoms with Crippen molar-refractivity contribution in [1.29, 1.82) is 0 Å². The summed E-state index contributed by atoms with van der Waals surface area (Å²) in [5, 5.41) is 11.6. The Bertz CT molecular complexity index is 1330. The number of hydrogen-bond acceptors (Lipinski definition) is 5. The van der Waals surface area contributed by atoms with Crippen molar-refractivity contribution in [3.8, 4) is 11.5 Å². The minimum atomic E-state index is -0.725. The number of ketones is 1. The second kappa shape index (κ2) is 10.9. The molecule has 1 aliphatic heterocycles. The molecule has 4 rings (SSSR count). The summed E-state index contributed by atoms with van der Waals surface area (Å²) >= 11 is 0. The van der Waals surface area contributed by atoms with Crippen molar-refractivity contribution >= 4 is 17.4 Å². The molecule has 0 spiro atoms. The third-order valence-corrected chi connectivity index (χ3v) is 6.70. The molecule has 0 aliphatic carbocycles. The second-order valence-electron chi connectivity index (χ2n) is 9.48. The largest absolute Gasteiger partial charge is 0.507 e. The molecule has 6 nitrogen and oxygen atoms in total. The number of amides is 1. The Morgan fingerprint density at radius 3 is 2.30 bits per heavy atom. The van der Waals surface area contributed by atoms with Crippen LogP contribution in [-0.4, -0.2) is 35.4 Å². The fraction of sp³-hybridized carbons (Fsp3) is 0.290. The summed E-state index contributed by atoms with van der Waals surface area (Å²) in [6.07, 6.45) is 0. The number of aryl methyl sites for hydroxylation is 1. The summed E-state index contributed by atoms with van der Waals surface area (Å²) in [4.78, 5) is 28.3. The molecule has 0 radical (unpaired) electrons. The van der Waals surface area contributed by atoms with Crippen LogP contribution in [0.25, 0.3) is 5.76 Å². The van der Waals surface area contributed by atoms with Gasteiger partial charge in [0.05, 0.1) is 25.3 Å². The van der Waals surface area contributed by atoms with Crippen LogP contribution in [0.3, 0.4) is 0 Å². The van der Waals surface area contributed by atoms with Crippen LogP contribution < -0.4 is 9.47 Å². The monoisotopic (exact) mass is 499 g/mol. The maximum absolute atomic E-state index is 13.4. The van der Waals surface area contributed by atoms with Gasteiger partial charge in [-0.15, -0.1) is 0 Å². The first kappa shape index (κ1) is 26.0. The van der Waals surface area contributed by atoms with Gasteiger partial charge in [0.2, 0.25) is 0 Å². The lowest BCUT2D eigenvalue weighted by Gasteiger charge is -2.26. The van der Waals surface area contributed by atoms with Crippen molar-refractivity contribution in [1.82, 2.24) is 4.90 Å². The minimum Gasteiger partial charge on any atom is -0.507 e. The molecule has 6 heteroatoms. The van der Waals surface area contributed by atoms with Crippen LogP contribution in [0.2, 0.25) is 0 Å². The van der Waals surface area contributed by atoms with Gasteiger partial charge in [0.1, 0.15) is 17.3 Å². The maximum atomic E-state index is 13.4. The van der Waals surface area contributed by atoms with Crippen LogP contribution in [0.4, 0.5) is 0 Å². The molecule has 192 valence electrons. The van der Waals surface area contributed by atoms with Gasteiger partial charge in [0, 0.05) is 12.1 Å². The highest BCUT2D eigenvalue weighted by atomic mass is 16.5. The van der Waals surface area contributed by atoms with E-state index < -0.39 is 17.7 Å². The second-order valence-corrected chi connectivity index (χ2v) is 9.48. The van der Waals surface area contributed by atoms with Crippen molar-refractivity contribution < 1.29 is 24.2 Å². The third kappa shape index (κ3) is 5.10. The Hall–Kier alpha value is -4.06. The topological polar surface area (TPSA) is 76.1 Å². The Balaban J connectivity index is 1.84. The minimum absolute atomic E-state index is 0.0881. The molecular formula is C31H33NO5. The van der Waals surface area contributed by atoms with E-state index in [1.54, 1.807) is 7.11 Å². The number of benzene rings is 3. The Kier molecular flexibility index (Phi) is 7.67. The Morgan fingerprint density at radius 2 is 1.70 bits per heavy atom. The highest BCUT2D eigenvalue weighted by molar-refractivity contribution is 6.46. The van der Waals surface area contributed by atoms with Gasteiger partial charge in [0.15, 0.2) is 0 Å². The normalized spacial score (nSPS) is 16.9. The molecule has 0 bridgehead atoms. The van der Waals surface area contributed by atoms with E-state index in [2.05, 4.69) is 0 Å². The summed E-state index contributed by atoms with van der Waals surface area (Å²) in [5.41, 5.74) is 3.88. The lowest BCUT2D eigenvalue weighted by molar-refractivity contribution is -0.140.